The lowest BCUT2D eigenvalue weighted by molar-refractivity contribution is -0.116. The van der Waals surface area contributed by atoms with E-state index in [0.29, 0.717) is 18.6 Å². The minimum absolute atomic E-state index is 0.199. The fourth-order valence-electron chi connectivity index (χ4n) is 2.60. The number of benzene rings is 1. The van der Waals surface area contributed by atoms with Gasteiger partial charge in [-0.2, -0.15) is 0 Å². The summed E-state index contributed by atoms with van der Waals surface area (Å²) in [5, 5.41) is 0. The number of esters is 1. The van der Waals surface area contributed by atoms with Crippen LogP contribution in [0.5, 0.6) is 0 Å². The molecule has 0 saturated carbocycles. The van der Waals surface area contributed by atoms with E-state index in [1.165, 1.54) is 5.56 Å². The van der Waals surface area contributed by atoms with Crippen LogP contribution in [0.3, 0.4) is 0 Å². The highest BCUT2D eigenvalue weighted by Gasteiger charge is 2.18. The molecule has 0 atom stereocenters. The summed E-state index contributed by atoms with van der Waals surface area (Å²) in [6, 6.07) is 11.5. The number of ketones is 1. The van der Waals surface area contributed by atoms with Gasteiger partial charge in [0.25, 0.3) is 0 Å². The SMILES string of the molecule is CCC(C)=O.Cc1cccnc1CC1=C=CC=CC(Br)=C1.O=C1OCc2ccccc21. The van der Waals surface area contributed by atoms with Gasteiger partial charge in [-0.1, -0.05) is 53.2 Å². The number of carbonyl (C=O) groups excluding carboxylic acids is 2. The summed E-state index contributed by atoms with van der Waals surface area (Å²) in [4.78, 5) is 25.0. The zero-order valence-corrected chi connectivity index (χ0v) is 19.6. The Morgan fingerprint density at radius 2 is 1.97 bits per heavy atom. The largest absolute Gasteiger partial charge is 0.457 e. The Bertz CT molecular complexity index is 1060. The molecule has 4 nitrogen and oxygen atoms in total. The van der Waals surface area contributed by atoms with Crippen LogP contribution in [-0.2, 0) is 22.6 Å². The normalized spacial score (nSPS) is 13.4. The van der Waals surface area contributed by atoms with Gasteiger partial charge in [0.2, 0.25) is 0 Å². The maximum atomic E-state index is 10.8. The second-order valence-corrected chi connectivity index (χ2v) is 7.87. The van der Waals surface area contributed by atoms with Crippen molar-refractivity contribution < 1.29 is 14.3 Å². The molecule has 0 fully saturated rings. The van der Waals surface area contributed by atoms with Crippen LogP contribution in [-0.4, -0.2) is 16.7 Å². The standard InChI is InChI=1S/C14H12BrN.C8H6O2.C4H8O/c1-11-5-4-8-16-14(11)10-12-6-2-3-7-13(15)9-12;9-8-7-4-2-1-3-6(7)5-10-8;1-3-4(2)5/h2-5,7-9H,10H2,1H3;1-4H,5H2;3H2,1-2H3. The van der Waals surface area contributed by atoms with Gasteiger partial charge < -0.3 is 9.53 Å². The van der Waals surface area contributed by atoms with Crippen molar-refractivity contribution in [2.24, 2.45) is 0 Å². The third kappa shape index (κ3) is 8.33. The van der Waals surface area contributed by atoms with Crippen molar-refractivity contribution in [2.45, 2.75) is 40.2 Å². The van der Waals surface area contributed by atoms with Crippen molar-refractivity contribution >= 4 is 27.7 Å². The monoisotopic (exact) mass is 479 g/mol. The van der Waals surface area contributed by atoms with Crippen molar-refractivity contribution in [3.8, 4) is 0 Å². The van der Waals surface area contributed by atoms with Gasteiger partial charge in [-0.15, -0.1) is 5.73 Å². The smallest absolute Gasteiger partial charge is 0.338 e. The molecule has 1 aromatic carbocycles. The number of ether oxygens (including phenoxy) is 1. The van der Waals surface area contributed by atoms with Gasteiger partial charge in [0, 0.05) is 40.4 Å². The Morgan fingerprint density at radius 3 is 2.65 bits per heavy atom. The fraction of sp³-hybridized carbons (Fsp3) is 0.231. The van der Waals surface area contributed by atoms with Gasteiger partial charge >= 0.3 is 5.97 Å². The van der Waals surface area contributed by atoms with E-state index in [-0.39, 0.29) is 11.8 Å². The average molecular weight is 480 g/mol. The minimum Gasteiger partial charge on any atom is -0.457 e. The molecule has 5 heteroatoms. The Balaban J connectivity index is 0.000000193. The lowest BCUT2D eigenvalue weighted by Gasteiger charge is -2.03. The Labute approximate surface area is 192 Å². The molecule has 1 aliphatic carbocycles. The summed E-state index contributed by atoms with van der Waals surface area (Å²) in [5.74, 6) is 0.0561. The Hall–Kier alpha value is -3.01. The van der Waals surface area contributed by atoms with E-state index in [1.807, 2.05) is 55.6 Å². The van der Waals surface area contributed by atoms with Crippen LogP contribution in [0.15, 0.2) is 82.7 Å². The number of Topliss-reactive ketones (excluding diaryl/α,β-unsaturated/α-hetero) is 1. The zero-order chi connectivity index (χ0) is 22.6. The maximum Gasteiger partial charge on any atom is 0.338 e. The number of cyclic esters (lactones) is 1. The van der Waals surface area contributed by atoms with Gasteiger partial charge in [-0.25, -0.2) is 4.79 Å². The second kappa shape index (κ2) is 12.6. The molecule has 0 unspecified atom stereocenters. The summed E-state index contributed by atoms with van der Waals surface area (Å²) in [6.07, 6.45) is 11.3. The minimum atomic E-state index is -0.199. The summed E-state index contributed by atoms with van der Waals surface area (Å²) < 4.78 is 5.85. The van der Waals surface area contributed by atoms with E-state index in [4.69, 9.17) is 4.74 Å². The molecule has 2 aliphatic rings. The summed E-state index contributed by atoms with van der Waals surface area (Å²) >= 11 is 3.48. The zero-order valence-electron chi connectivity index (χ0n) is 18.0. The first-order valence-corrected chi connectivity index (χ1v) is 10.8. The molecule has 0 amide bonds. The number of nitrogens with zero attached hydrogens (tertiary/aromatic N) is 1. The van der Waals surface area contributed by atoms with E-state index in [0.717, 1.165) is 27.7 Å². The number of hydrogen-bond acceptors (Lipinski definition) is 4. The molecule has 2 aromatic rings. The molecular weight excluding hydrogens is 454 g/mol. The first-order chi connectivity index (χ1) is 14.9. The molecule has 1 aliphatic heterocycles. The molecule has 4 rings (SSSR count). The van der Waals surface area contributed by atoms with Crippen molar-refractivity contribution in [3.63, 3.8) is 0 Å². The number of halogens is 1. The number of fused-ring (bicyclic) bond motifs is 1. The van der Waals surface area contributed by atoms with Crippen LogP contribution in [0.2, 0.25) is 0 Å². The molecule has 0 spiro atoms. The molecule has 1 aromatic heterocycles. The van der Waals surface area contributed by atoms with Crippen molar-refractivity contribution in [1.82, 2.24) is 4.98 Å². The van der Waals surface area contributed by atoms with E-state index in [9.17, 15) is 9.59 Å². The number of aryl methyl sites for hydroxylation is 1. The van der Waals surface area contributed by atoms with E-state index in [2.05, 4.69) is 45.7 Å². The van der Waals surface area contributed by atoms with Gasteiger partial charge in [0.15, 0.2) is 0 Å². The lowest BCUT2D eigenvalue weighted by atomic mass is 10.1. The van der Waals surface area contributed by atoms with Crippen LogP contribution < -0.4 is 0 Å². The topological polar surface area (TPSA) is 56.3 Å². The molecular formula is C26H26BrNO3. The predicted molar refractivity (Wildman–Crippen MR) is 127 cm³/mol. The van der Waals surface area contributed by atoms with Gasteiger partial charge in [-0.3, -0.25) is 4.98 Å². The number of aromatic nitrogens is 1. The number of carbonyl (C=O) groups is 2. The fourth-order valence-corrected chi connectivity index (χ4v) is 3.03. The Kier molecular flexibility index (Phi) is 9.89. The molecule has 2 heterocycles. The second-order valence-electron chi connectivity index (χ2n) is 6.96. The highest BCUT2D eigenvalue weighted by atomic mass is 79.9. The molecule has 0 radical (unpaired) electrons. The summed E-state index contributed by atoms with van der Waals surface area (Å²) in [5.41, 5.74) is 8.42. The van der Waals surface area contributed by atoms with Crippen molar-refractivity contribution in [1.29, 1.82) is 0 Å². The molecule has 0 saturated heterocycles. The van der Waals surface area contributed by atoms with Gasteiger partial charge in [0.1, 0.15) is 12.4 Å². The van der Waals surface area contributed by atoms with Crippen LogP contribution in [0.25, 0.3) is 0 Å². The van der Waals surface area contributed by atoms with Gasteiger partial charge in [-0.05, 0) is 49.8 Å². The van der Waals surface area contributed by atoms with Crippen LogP contribution in [0, 0.1) is 6.92 Å². The molecule has 31 heavy (non-hydrogen) atoms. The third-order valence-electron chi connectivity index (χ3n) is 4.50. The van der Waals surface area contributed by atoms with Crippen LogP contribution >= 0.6 is 15.9 Å². The van der Waals surface area contributed by atoms with Crippen LogP contribution in [0.1, 0.15) is 47.4 Å². The highest BCUT2D eigenvalue weighted by Crippen LogP contribution is 2.18. The molecule has 160 valence electrons. The quantitative estimate of drug-likeness (QED) is 0.388. The lowest BCUT2D eigenvalue weighted by Crippen LogP contribution is -1.94. The number of pyridine rings is 1. The number of hydrogen-bond donors (Lipinski definition) is 0. The summed E-state index contributed by atoms with van der Waals surface area (Å²) in [7, 11) is 0. The highest BCUT2D eigenvalue weighted by molar-refractivity contribution is 9.11. The molecule has 0 bridgehead atoms. The van der Waals surface area contributed by atoms with E-state index in [1.54, 1.807) is 13.0 Å². The first kappa shape index (κ1) is 24.3. The maximum absolute atomic E-state index is 10.8. The number of allylic oxidation sites excluding steroid dienone is 5. The molecule has 0 N–H and O–H groups in total. The van der Waals surface area contributed by atoms with E-state index < -0.39 is 0 Å². The van der Waals surface area contributed by atoms with Crippen LogP contribution in [0.4, 0.5) is 0 Å². The van der Waals surface area contributed by atoms with Gasteiger partial charge in [0.05, 0.1) is 5.56 Å². The predicted octanol–water partition coefficient (Wildman–Crippen LogP) is 6.21. The third-order valence-corrected chi connectivity index (χ3v) is 5.00. The van der Waals surface area contributed by atoms with E-state index >= 15 is 0 Å². The summed E-state index contributed by atoms with van der Waals surface area (Å²) in [6.45, 7) is 5.96. The Morgan fingerprint density at radius 1 is 1.23 bits per heavy atom. The average Bonchev–Trinajstić information content (AvgIpc) is 3.01. The number of rotatable bonds is 3. The van der Waals surface area contributed by atoms with Crippen molar-refractivity contribution in [3.05, 3.63) is 105 Å². The van der Waals surface area contributed by atoms with Crippen molar-refractivity contribution in [2.75, 3.05) is 0 Å². The first-order valence-electron chi connectivity index (χ1n) is 10.0.